The van der Waals surface area contributed by atoms with Gasteiger partial charge in [-0.25, -0.2) is 9.97 Å². The number of hydrogen-bond donors (Lipinski definition) is 1. The summed E-state index contributed by atoms with van der Waals surface area (Å²) in [6, 6.07) is 4.01. The van der Waals surface area contributed by atoms with Crippen LogP contribution in [0.4, 0.5) is 5.82 Å². The lowest BCUT2D eigenvalue weighted by atomic mass is 10.3. The Labute approximate surface area is 93.9 Å². The Kier molecular flexibility index (Phi) is 3.26. The average Bonchev–Trinajstić information content (AvgIpc) is 2.29. The Hall–Kier alpha value is -1.75. The molecule has 2 aromatic rings. The second kappa shape index (κ2) is 4.85. The number of ether oxygens (including phenoxy) is 1. The lowest BCUT2D eigenvalue weighted by molar-refractivity contribution is 0.190. The van der Waals surface area contributed by atoms with Gasteiger partial charge in [-0.15, -0.1) is 0 Å². The molecule has 1 unspecified atom stereocenters. The van der Waals surface area contributed by atoms with Crippen molar-refractivity contribution in [2.75, 3.05) is 19.0 Å². The van der Waals surface area contributed by atoms with E-state index in [0.717, 1.165) is 11.3 Å². The molecule has 1 atom stereocenters. The molecular weight excluding hydrogens is 204 g/mol. The Morgan fingerprint density at radius 3 is 2.94 bits per heavy atom. The second-order valence-electron chi connectivity index (χ2n) is 3.60. The zero-order valence-corrected chi connectivity index (χ0v) is 9.34. The lowest BCUT2D eigenvalue weighted by Gasteiger charge is -2.13. The van der Waals surface area contributed by atoms with Crippen molar-refractivity contribution in [1.29, 1.82) is 0 Å². The number of anilines is 1. The van der Waals surface area contributed by atoms with Gasteiger partial charge in [0.1, 0.15) is 11.3 Å². The molecule has 2 heterocycles. The van der Waals surface area contributed by atoms with E-state index in [1.807, 2.05) is 19.1 Å². The van der Waals surface area contributed by atoms with Crippen molar-refractivity contribution >= 4 is 17.0 Å². The molecule has 1 N–H and O–H groups in total. The van der Waals surface area contributed by atoms with E-state index in [1.165, 1.54) is 0 Å². The fourth-order valence-electron chi connectivity index (χ4n) is 1.48. The standard InChI is InChI=1S/C11H14N4O/c1-8(7-16-2)14-10-4-3-9-11(15-10)13-6-5-12-9/h3-6,8H,7H2,1-2H3,(H,13,14,15). The van der Waals surface area contributed by atoms with Crippen LogP contribution in [0, 0.1) is 0 Å². The summed E-state index contributed by atoms with van der Waals surface area (Å²) in [5.41, 5.74) is 1.45. The molecule has 16 heavy (non-hydrogen) atoms. The van der Waals surface area contributed by atoms with Crippen molar-refractivity contribution in [3.05, 3.63) is 24.5 Å². The third-order valence-electron chi connectivity index (χ3n) is 2.14. The number of fused-ring (bicyclic) bond motifs is 1. The molecule has 5 heteroatoms. The van der Waals surface area contributed by atoms with Crippen molar-refractivity contribution < 1.29 is 4.74 Å². The van der Waals surface area contributed by atoms with Crippen LogP contribution >= 0.6 is 0 Å². The summed E-state index contributed by atoms with van der Waals surface area (Å²) in [7, 11) is 1.68. The zero-order chi connectivity index (χ0) is 11.4. The SMILES string of the molecule is COCC(C)Nc1ccc2nccnc2n1. The highest BCUT2D eigenvalue weighted by molar-refractivity contribution is 5.71. The van der Waals surface area contributed by atoms with Gasteiger partial charge in [0.25, 0.3) is 0 Å². The largest absolute Gasteiger partial charge is 0.383 e. The Morgan fingerprint density at radius 2 is 2.12 bits per heavy atom. The van der Waals surface area contributed by atoms with E-state index < -0.39 is 0 Å². The molecule has 0 aliphatic carbocycles. The molecule has 0 aliphatic rings. The number of nitrogens with one attached hydrogen (secondary N) is 1. The van der Waals surface area contributed by atoms with Gasteiger partial charge < -0.3 is 10.1 Å². The molecule has 0 saturated heterocycles. The summed E-state index contributed by atoms with van der Waals surface area (Å²) in [6.07, 6.45) is 3.29. The van der Waals surface area contributed by atoms with Gasteiger partial charge in [0.2, 0.25) is 0 Å². The summed E-state index contributed by atoms with van der Waals surface area (Å²) in [5.74, 6) is 0.789. The first-order valence-corrected chi connectivity index (χ1v) is 5.13. The minimum atomic E-state index is 0.214. The first-order chi connectivity index (χ1) is 7.79. The Morgan fingerprint density at radius 1 is 1.31 bits per heavy atom. The van der Waals surface area contributed by atoms with E-state index in [2.05, 4.69) is 20.3 Å². The molecule has 2 aromatic heterocycles. The number of hydrogen-bond acceptors (Lipinski definition) is 5. The molecule has 5 nitrogen and oxygen atoms in total. The molecule has 0 saturated carbocycles. The predicted octanol–water partition coefficient (Wildman–Crippen LogP) is 1.47. The van der Waals surface area contributed by atoms with Crippen molar-refractivity contribution in [3.63, 3.8) is 0 Å². The highest BCUT2D eigenvalue weighted by Gasteiger charge is 2.03. The molecule has 0 aromatic carbocycles. The number of pyridine rings is 1. The van der Waals surface area contributed by atoms with Crippen LogP contribution in [0.25, 0.3) is 11.2 Å². The number of methoxy groups -OCH3 is 1. The highest BCUT2D eigenvalue weighted by atomic mass is 16.5. The first-order valence-electron chi connectivity index (χ1n) is 5.13. The van der Waals surface area contributed by atoms with Crippen molar-refractivity contribution in [2.45, 2.75) is 13.0 Å². The minimum absolute atomic E-state index is 0.214. The van der Waals surface area contributed by atoms with Crippen LogP contribution in [0.3, 0.4) is 0 Å². The number of aromatic nitrogens is 3. The third-order valence-corrected chi connectivity index (χ3v) is 2.14. The normalized spacial score (nSPS) is 12.6. The Bertz CT molecular complexity index is 474. The van der Waals surface area contributed by atoms with Crippen molar-refractivity contribution in [3.8, 4) is 0 Å². The molecule has 0 bridgehead atoms. The van der Waals surface area contributed by atoms with E-state index in [-0.39, 0.29) is 6.04 Å². The summed E-state index contributed by atoms with van der Waals surface area (Å²) in [6.45, 7) is 2.67. The van der Waals surface area contributed by atoms with E-state index in [1.54, 1.807) is 19.5 Å². The van der Waals surface area contributed by atoms with E-state index in [0.29, 0.717) is 12.3 Å². The number of rotatable bonds is 4. The van der Waals surface area contributed by atoms with Crippen LogP contribution in [0.5, 0.6) is 0 Å². The fraction of sp³-hybridized carbons (Fsp3) is 0.364. The van der Waals surface area contributed by atoms with Gasteiger partial charge in [0, 0.05) is 25.5 Å². The van der Waals surface area contributed by atoms with Gasteiger partial charge in [-0.05, 0) is 19.1 Å². The van der Waals surface area contributed by atoms with Crippen molar-refractivity contribution in [2.24, 2.45) is 0 Å². The smallest absolute Gasteiger partial charge is 0.180 e. The van der Waals surface area contributed by atoms with Crippen LogP contribution in [-0.4, -0.2) is 34.7 Å². The summed E-state index contributed by atoms with van der Waals surface area (Å²) in [5, 5.41) is 3.23. The molecule has 0 spiro atoms. The third kappa shape index (κ3) is 2.43. The predicted molar refractivity (Wildman–Crippen MR) is 62.3 cm³/mol. The summed E-state index contributed by atoms with van der Waals surface area (Å²) < 4.78 is 5.05. The van der Waals surface area contributed by atoms with Gasteiger partial charge in [-0.2, -0.15) is 0 Å². The van der Waals surface area contributed by atoms with Crippen LogP contribution in [0.1, 0.15) is 6.92 Å². The quantitative estimate of drug-likeness (QED) is 0.842. The topological polar surface area (TPSA) is 59.9 Å². The van der Waals surface area contributed by atoms with Gasteiger partial charge in [0.15, 0.2) is 5.65 Å². The van der Waals surface area contributed by atoms with E-state index in [9.17, 15) is 0 Å². The maximum atomic E-state index is 5.05. The van der Waals surface area contributed by atoms with Crippen molar-refractivity contribution in [1.82, 2.24) is 15.0 Å². The van der Waals surface area contributed by atoms with Gasteiger partial charge >= 0.3 is 0 Å². The monoisotopic (exact) mass is 218 g/mol. The first kappa shape index (κ1) is 10.8. The van der Waals surface area contributed by atoms with Crippen LogP contribution < -0.4 is 5.32 Å². The lowest BCUT2D eigenvalue weighted by Crippen LogP contribution is -2.21. The average molecular weight is 218 g/mol. The molecule has 0 amide bonds. The fourth-order valence-corrected chi connectivity index (χ4v) is 1.48. The van der Waals surface area contributed by atoms with Crippen LogP contribution in [0.15, 0.2) is 24.5 Å². The van der Waals surface area contributed by atoms with E-state index >= 15 is 0 Å². The second-order valence-corrected chi connectivity index (χ2v) is 3.60. The maximum absolute atomic E-state index is 5.05. The zero-order valence-electron chi connectivity index (χ0n) is 9.34. The van der Waals surface area contributed by atoms with Gasteiger partial charge in [-0.1, -0.05) is 0 Å². The molecule has 84 valence electrons. The highest BCUT2D eigenvalue weighted by Crippen LogP contribution is 2.10. The maximum Gasteiger partial charge on any atom is 0.180 e. The van der Waals surface area contributed by atoms with Crippen LogP contribution in [-0.2, 0) is 4.74 Å². The molecule has 0 aliphatic heterocycles. The summed E-state index contributed by atoms with van der Waals surface area (Å²) >= 11 is 0. The molecule has 2 rings (SSSR count). The van der Waals surface area contributed by atoms with Crippen LogP contribution in [0.2, 0.25) is 0 Å². The Balaban J connectivity index is 2.19. The molecule has 0 radical (unpaired) electrons. The number of nitrogens with zero attached hydrogens (tertiary/aromatic N) is 3. The van der Waals surface area contributed by atoms with E-state index in [4.69, 9.17) is 4.74 Å². The van der Waals surface area contributed by atoms with Gasteiger partial charge in [-0.3, -0.25) is 4.98 Å². The minimum Gasteiger partial charge on any atom is -0.383 e. The van der Waals surface area contributed by atoms with Gasteiger partial charge in [0.05, 0.1) is 6.61 Å². The molecular formula is C11H14N4O. The molecule has 0 fully saturated rings. The summed E-state index contributed by atoms with van der Waals surface area (Å²) in [4.78, 5) is 12.7.